The lowest BCUT2D eigenvalue weighted by atomic mass is 10.1. The average Bonchev–Trinajstić information content (AvgIpc) is 3.02. The van der Waals surface area contributed by atoms with Gasteiger partial charge in [-0.1, -0.05) is 90.0 Å². The van der Waals surface area contributed by atoms with Gasteiger partial charge in [-0.3, -0.25) is 19.4 Å². The molecule has 0 aromatic heterocycles. The van der Waals surface area contributed by atoms with E-state index >= 15 is 0 Å². The summed E-state index contributed by atoms with van der Waals surface area (Å²) in [4.78, 5) is 9.59. The van der Waals surface area contributed by atoms with E-state index < -0.39 is 20.0 Å². The molecule has 0 heterocycles. The van der Waals surface area contributed by atoms with Crippen LogP contribution in [0.4, 0.5) is 17.1 Å². The van der Waals surface area contributed by atoms with E-state index in [4.69, 9.17) is 0 Å². The summed E-state index contributed by atoms with van der Waals surface area (Å²) in [7, 11) is -7.56. The van der Waals surface area contributed by atoms with Crippen molar-refractivity contribution in [3.05, 3.63) is 149 Å². The quantitative estimate of drug-likeness (QED) is 0.148. The minimum atomic E-state index is -3.79. The smallest absolute Gasteiger partial charge is 0.261 e. The van der Waals surface area contributed by atoms with Crippen LogP contribution in [0.15, 0.2) is 141 Å². The molecule has 0 unspecified atom stereocenters. The van der Waals surface area contributed by atoms with Crippen molar-refractivity contribution in [2.24, 2.45) is 9.98 Å². The summed E-state index contributed by atoms with van der Waals surface area (Å²) in [5, 5.41) is 0. The van der Waals surface area contributed by atoms with Gasteiger partial charge in [0.05, 0.1) is 33.4 Å². The Balaban J connectivity index is 1.32. The second kappa shape index (κ2) is 13.7. The molecule has 0 aliphatic heterocycles. The minimum absolute atomic E-state index is 0.174. The first kappa shape index (κ1) is 31.4. The van der Waals surface area contributed by atoms with E-state index in [1.165, 1.54) is 0 Å². The number of aliphatic imine (C=N–C) groups is 2. The van der Waals surface area contributed by atoms with Crippen LogP contribution in [0, 0.1) is 13.8 Å². The van der Waals surface area contributed by atoms with Crippen molar-refractivity contribution in [1.29, 1.82) is 0 Å². The molecule has 0 spiro atoms. The number of nitrogens with one attached hydrogen (secondary N) is 2. The Morgan fingerprint density at radius 2 is 1.00 bits per heavy atom. The van der Waals surface area contributed by atoms with Crippen molar-refractivity contribution in [2.45, 2.75) is 30.2 Å². The number of anilines is 2. The van der Waals surface area contributed by atoms with Gasteiger partial charge in [0.25, 0.3) is 20.0 Å². The Kier molecular flexibility index (Phi) is 9.56. The maximum atomic E-state index is 13.0. The van der Waals surface area contributed by atoms with Crippen LogP contribution in [0.2, 0.25) is 0 Å². The molecule has 2 N–H and O–H groups in total. The zero-order valence-electron chi connectivity index (χ0n) is 24.8. The van der Waals surface area contributed by atoms with Crippen LogP contribution in [-0.4, -0.2) is 29.3 Å². The summed E-state index contributed by atoms with van der Waals surface area (Å²) in [6, 6.07) is 34.9. The molecule has 5 aromatic rings. The normalized spacial score (nSPS) is 12.0. The topological polar surface area (TPSA) is 117 Å². The first-order valence-corrected chi connectivity index (χ1v) is 17.1. The van der Waals surface area contributed by atoms with Gasteiger partial charge in [-0.2, -0.15) is 0 Å². The zero-order chi connectivity index (χ0) is 31.9. The molecule has 10 heteroatoms. The maximum absolute atomic E-state index is 13.0. The highest BCUT2D eigenvalue weighted by atomic mass is 32.2. The molecule has 45 heavy (non-hydrogen) atoms. The van der Waals surface area contributed by atoms with Gasteiger partial charge in [-0.05, 0) is 61.9 Å². The molecule has 5 aromatic carbocycles. The standard InChI is InChI=1S/C35H32N4O4S2/c1-26-15-19-31(20-16-26)44(40,41)38-34-13-7-4-10-29(34)24-36-23-28-9-3-6-12-33(28)37-25-30-11-5-8-14-35(30)39-45(42,43)32-21-17-27(2)18-22-32/h3-22,24-25,38-39H,23H2,1-2H3. The molecule has 0 amide bonds. The van der Waals surface area contributed by atoms with Crippen LogP contribution in [0.3, 0.4) is 0 Å². The third-order valence-corrected chi connectivity index (χ3v) is 9.66. The number of hydrogen-bond donors (Lipinski definition) is 2. The van der Waals surface area contributed by atoms with Crippen molar-refractivity contribution in [1.82, 2.24) is 0 Å². The Labute approximate surface area is 264 Å². The fraction of sp³-hybridized carbons (Fsp3) is 0.0857. The second-order valence-electron chi connectivity index (χ2n) is 10.4. The van der Waals surface area contributed by atoms with E-state index in [-0.39, 0.29) is 16.3 Å². The van der Waals surface area contributed by atoms with Crippen molar-refractivity contribution in [2.75, 3.05) is 9.44 Å². The van der Waals surface area contributed by atoms with Gasteiger partial charge in [0.2, 0.25) is 0 Å². The number of hydrogen-bond acceptors (Lipinski definition) is 6. The van der Waals surface area contributed by atoms with Crippen molar-refractivity contribution in [3.8, 4) is 0 Å². The third-order valence-electron chi connectivity index (χ3n) is 6.90. The predicted octanol–water partition coefficient (Wildman–Crippen LogP) is 7.27. The number of benzene rings is 5. The molecule has 228 valence electrons. The second-order valence-corrected chi connectivity index (χ2v) is 13.7. The van der Waals surface area contributed by atoms with Crippen LogP contribution in [0.1, 0.15) is 27.8 Å². The molecule has 0 bridgehead atoms. The van der Waals surface area contributed by atoms with E-state index in [2.05, 4.69) is 19.4 Å². The maximum Gasteiger partial charge on any atom is 0.261 e. The Hall–Kier alpha value is -5.06. The largest absolute Gasteiger partial charge is 0.288 e. The summed E-state index contributed by atoms with van der Waals surface area (Å²) in [5.41, 5.74) is 5.47. The van der Waals surface area contributed by atoms with Crippen LogP contribution in [0.5, 0.6) is 0 Å². The van der Waals surface area contributed by atoms with Crippen LogP contribution in [-0.2, 0) is 26.6 Å². The molecule has 0 saturated carbocycles. The number of aryl methyl sites for hydroxylation is 2. The first-order valence-electron chi connectivity index (χ1n) is 14.1. The highest BCUT2D eigenvalue weighted by Gasteiger charge is 2.16. The first-order chi connectivity index (χ1) is 21.6. The van der Waals surface area contributed by atoms with Gasteiger partial charge in [0.15, 0.2) is 0 Å². The van der Waals surface area contributed by atoms with Gasteiger partial charge in [-0.15, -0.1) is 0 Å². The fourth-order valence-electron chi connectivity index (χ4n) is 4.40. The molecule has 0 aliphatic rings. The highest BCUT2D eigenvalue weighted by molar-refractivity contribution is 7.93. The summed E-state index contributed by atoms with van der Waals surface area (Å²) in [5.74, 6) is 0. The van der Waals surface area contributed by atoms with E-state index in [0.717, 1.165) is 16.7 Å². The zero-order valence-corrected chi connectivity index (χ0v) is 26.4. The van der Waals surface area contributed by atoms with Gasteiger partial charge in [0.1, 0.15) is 0 Å². The fourth-order valence-corrected chi connectivity index (χ4v) is 6.57. The molecule has 0 aliphatic carbocycles. The van der Waals surface area contributed by atoms with Crippen LogP contribution >= 0.6 is 0 Å². The number of para-hydroxylation sites is 3. The Bertz CT molecular complexity index is 2070. The summed E-state index contributed by atoms with van der Waals surface area (Å²) in [6.07, 6.45) is 3.24. The van der Waals surface area contributed by atoms with E-state index in [0.29, 0.717) is 28.2 Å². The van der Waals surface area contributed by atoms with Crippen molar-refractivity contribution in [3.63, 3.8) is 0 Å². The lowest BCUT2D eigenvalue weighted by molar-refractivity contribution is 0.599. The van der Waals surface area contributed by atoms with E-state index in [1.54, 1.807) is 97.4 Å². The van der Waals surface area contributed by atoms with Crippen LogP contribution in [0.25, 0.3) is 0 Å². The molecule has 0 radical (unpaired) electrons. The van der Waals surface area contributed by atoms with Crippen LogP contribution < -0.4 is 9.44 Å². The summed E-state index contributed by atoms with van der Waals surface area (Å²) < 4.78 is 57.3. The number of sulfonamides is 2. The lowest BCUT2D eigenvalue weighted by Crippen LogP contribution is -2.14. The Morgan fingerprint density at radius 1 is 0.556 bits per heavy atom. The molecule has 0 saturated heterocycles. The SMILES string of the molecule is Cc1ccc(S(=O)(=O)Nc2ccccc2C=NCc2ccccc2N=Cc2ccccc2NS(=O)(=O)c2ccc(C)cc2)cc1. The van der Waals surface area contributed by atoms with Gasteiger partial charge >= 0.3 is 0 Å². The molecule has 0 fully saturated rings. The molecular formula is C35H32N4O4S2. The molecular weight excluding hydrogens is 605 g/mol. The van der Waals surface area contributed by atoms with Gasteiger partial charge in [-0.25, -0.2) is 16.8 Å². The highest BCUT2D eigenvalue weighted by Crippen LogP contribution is 2.24. The lowest BCUT2D eigenvalue weighted by Gasteiger charge is -2.11. The minimum Gasteiger partial charge on any atom is -0.288 e. The average molecular weight is 637 g/mol. The number of nitrogens with zero attached hydrogens (tertiary/aromatic N) is 2. The molecule has 5 rings (SSSR count). The predicted molar refractivity (Wildman–Crippen MR) is 182 cm³/mol. The van der Waals surface area contributed by atoms with Crippen molar-refractivity contribution < 1.29 is 16.8 Å². The molecule has 0 atom stereocenters. The van der Waals surface area contributed by atoms with Crippen molar-refractivity contribution >= 4 is 49.5 Å². The van der Waals surface area contributed by atoms with E-state index in [1.807, 2.05) is 50.2 Å². The van der Waals surface area contributed by atoms with E-state index in [9.17, 15) is 16.8 Å². The number of rotatable bonds is 11. The summed E-state index contributed by atoms with van der Waals surface area (Å²) in [6.45, 7) is 4.08. The van der Waals surface area contributed by atoms with Gasteiger partial charge < -0.3 is 0 Å². The Morgan fingerprint density at radius 3 is 1.53 bits per heavy atom. The molecule has 8 nitrogen and oxygen atoms in total. The monoisotopic (exact) mass is 636 g/mol. The summed E-state index contributed by atoms with van der Waals surface area (Å²) >= 11 is 0. The third kappa shape index (κ3) is 8.11. The van der Waals surface area contributed by atoms with Gasteiger partial charge in [0, 0.05) is 23.6 Å².